The van der Waals surface area contributed by atoms with Crippen LogP contribution in [0, 0.1) is 6.92 Å². The van der Waals surface area contributed by atoms with Gasteiger partial charge in [0.15, 0.2) is 0 Å². The molecule has 0 heterocycles. The Morgan fingerprint density at radius 2 is 1.84 bits per heavy atom. The number of carbonyl (C=O) groups excluding carboxylic acids is 2. The Bertz CT molecular complexity index is 947. The van der Waals surface area contributed by atoms with Crippen molar-refractivity contribution in [2.75, 3.05) is 5.75 Å². The van der Waals surface area contributed by atoms with Gasteiger partial charge in [-0.1, -0.05) is 66.4 Å². The van der Waals surface area contributed by atoms with Crippen molar-refractivity contribution >= 4 is 46.8 Å². The fourth-order valence-electron chi connectivity index (χ4n) is 3.91. The summed E-state index contributed by atoms with van der Waals surface area (Å²) in [6.45, 7) is 4.27. The Morgan fingerprint density at radius 1 is 1.12 bits per heavy atom. The van der Waals surface area contributed by atoms with Crippen molar-refractivity contribution in [2.45, 2.75) is 63.9 Å². The van der Waals surface area contributed by atoms with Crippen LogP contribution in [-0.2, 0) is 21.9 Å². The van der Waals surface area contributed by atoms with Gasteiger partial charge in [0.25, 0.3) is 0 Å². The third kappa shape index (κ3) is 6.90. The highest BCUT2D eigenvalue weighted by Crippen LogP contribution is 2.25. The molecule has 3 rings (SSSR count). The van der Waals surface area contributed by atoms with Gasteiger partial charge >= 0.3 is 0 Å². The number of nitrogens with zero attached hydrogens (tertiary/aromatic N) is 1. The van der Waals surface area contributed by atoms with Crippen LogP contribution < -0.4 is 5.32 Å². The van der Waals surface area contributed by atoms with E-state index in [-0.39, 0.29) is 23.6 Å². The molecule has 2 aromatic carbocycles. The maximum Gasteiger partial charge on any atom is 0.242 e. The second-order valence-electron chi connectivity index (χ2n) is 8.36. The Labute approximate surface area is 205 Å². The standard InChI is InChI=1S/C25H30Cl2N2O2S/c1-17-7-3-4-8-20(17)14-29(18(2)25(31)28-21-9-5-6-10-21)24(30)16-32-15-19-11-12-22(26)23(27)13-19/h3-4,7-8,11-13,18,21H,5-6,9-10,14-16H2,1-2H3,(H,28,31)/t18-/m1/s1. The van der Waals surface area contributed by atoms with Gasteiger partial charge < -0.3 is 10.2 Å². The number of carbonyl (C=O) groups is 2. The van der Waals surface area contributed by atoms with Gasteiger partial charge in [-0.05, 0) is 55.5 Å². The van der Waals surface area contributed by atoms with E-state index in [4.69, 9.17) is 23.2 Å². The van der Waals surface area contributed by atoms with Gasteiger partial charge in [-0.15, -0.1) is 11.8 Å². The lowest BCUT2D eigenvalue weighted by molar-refractivity contribution is -0.139. The molecule has 0 spiro atoms. The smallest absolute Gasteiger partial charge is 0.242 e. The molecule has 0 saturated heterocycles. The minimum atomic E-state index is -0.534. The second-order valence-corrected chi connectivity index (χ2v) is 10.2. The fourth-order valence-corrected chi connectivity index (χ4v) is 5.09. The molecule has 1 aliphatic carbocycles. The van der Waals surface area contributed by atoms with Crippen molar-refractivity contribution in [3.63, 3.8) is 0 Å². The third-order valence-corrected chi connectivity index (χ3v) is 7.68. The summed E-state index contributed by atoms with van der Waals surface area (Å²) in [5.74, 6) is 0.803. The number of hydrogen-bond acceptors (Lipinski definition) is 3. The molecule has 32 heavy (non-hydrogen) atoms. The van der Waals surface area contributed by atoms with Crippen molar-refractivity contribution in [1.29, 1.82) is 0 Å². The normalized spacial score (nSPS) is 14.9. The number of nitrogens with one attached hydrogen (secondary N) is 1. The minimum absolute atomic E-state index is 0.0487. The highest BCUT2D eigenvalue weighted by molar-refractivity contribution is 7.99. The molecule has 172 valence electrons. The summed E-state index contributed by atoms with van der Waals surface area (Å²) in [5, 5.41) is 4.17. The van der Waals surface area contributed by atoms with Gasteiger partial charge in [0.2, 0.25) is 11.8 Å². The van der Waals surface area contributed by atoms with Crippen LogP contribution in [0.3, 0.4) is 0 Å². The van der Waals surface area contributed by atoms with E-state index >= 15 is 0 Å². The predicted molar refractivity (Wildman–Crippen MR) is 134 cm³/mol. The molecule has 1 N–H and O–H groups in total. The van der Waals surface area contributed by atoms with Gasteiger partial charge in [0, 0.05) is 18.3 Å². The lowest BCUT2D eigenvalue weighted by Crippen LogP contribution is -2.50. The average Bonchev–Trinajstić information content (AvgIpc) is 3.28. The molecule has 0 aromatic heterocycles. The number of rotatable bonds is 9. The number of thioether (sulfide) groups is 1. The quantitative estimate of drug-likeness (QED) is 0.466. The molecule has 1 fully saturated rings. The first-order valence-corrected chi connectivity index (χ1v) is 12.9. The summed E-state index contributed by atoms with van der Waals surface area (Å²) < 4.78 is 0. The van der Waals surface area contributed by atoms with Crippen LogP contribution in [0.15, 0.2) is 42.5 Å². The summed E-state index contributed by atoms with van der Waals surface area (Å²) in [6.07, 6.45) is 4.33. The van der Waals surface area contributed by atoms with E-state index in [9.17, 15) is 9.59 Å². The monoisotopic (exact) mass is 492 g/mol. The zero-order valence-electron chi connectivity index (χ0n) is 18.6. The first-order valence-electron chi connectivity index (χ1n) is 11.0. The van der Waals surface area contributed by atoms with E-state index < -0.39 is 6.04 Å². The molecule has 1 aliphatic rings. The Balaban J connectivity index is 1.66. The molecule has 2 amide bonds. The third-order valence-electron chi connectivity index (χ3n) is 5.95. The zero-order valence-corrected chi connectivity index (χ0v) is 20.9. The van der Waals surface area contributed by atoms with E-state index in [1.807, 2.05) is 50.2 Å². The highest BCUT2D eigenvalue weighted by Gasteiger charge is 2.28. The van der Waals surface area contributed by atoms with E-state index in [2.05, 4.69) is 5.32 Å². The minimum Gasteiger partial charge on any atom is -0.352 e. The number of hydrogen-bond donors (Lipinski definition) is 1. The second kappa shape index (κ2) is 12.0. The van der Waals surface area contributed by atoms with Crippen molar-refractivity contribution in [2.24, 2.45) is 0 Å². The van der Waals surface area contributed by atoms with Crippen LogP contribution in [0.5, 0.6) is 0 Å². The van der Waals surface area contributed by atoms with Crippen LogP contribution in [0.1, 0.15) is 49.3 Å². The van der Waals surface area contributed by atoms with Crippen molar-refractivity contribution in [3.05, 3.63) is 69.2 Å². The fraction of sp³-hybridized carbons (Fsp3) is 0.440. The maximum atomic E-state index is 13.2. The van der Waals surface area contributed by atoms with Crippen LogP contribution in [0.25, 0.3) is 0 Å². The number of amides is 2. The van der Waals surface area contributed by atoms with Crippen LogP contribution >= 0.6 is 35.0 Å². The van der Waals surface area contributed by atoms with E-state index in [1.54, 1.807) is 11.0 Å². The summed E-state index contributed by atoms with van der Waals surface area (Å²) in [7, 11) is 0. The molecule has 7 heteroatoms. The van der Waals surface area contributed by atoms with Crippen LogP contribution in [-0.4, -0.2) is 34.6 Å². The molecule has 2 aromatic rings. The van der Waals surface area contributed by atoms with Gasteiger partial charge in [-0.25, -0.2) is 0 Å². The molecular formula is C25H30Cl2N2O2S. The first-order chi connectivity index (χ1) is 15.3. The maximum absolute atomic E-state index is 13.2. The largest absolute Gasteiger partial charge is 0.352 e. The van der Waals surface area contributed by atoms with Crippen molar-refractivity contribution in [1.82, 2.24) is 10.2 Å². The zero-order chi connectivity index (χ0) is 23.1. The summed E-state index contributed by atoms with van der Waals surface area (Å²) in [4.78, 5) is 27.9. The van der Waals surface area contributed by atoms with Gasteiger partial charge in [0.05, 0.1) is 15.8 Å². The number of halogens is 2. The number of aryl methyl sites for hydroxylation is 1. The molecule has 1 saturated carbocycles. The van der Waals surface area contributed by atoms with Crippen molar-refractivity contribution in [3.8, 4) is 0 Å². The predicted octanol–water partition coefficient (Wildman–Crippen LogP) is 6.01. The van der Waals surface area contributed by atoms with Gasteiger partial charge in [-0.3, -0.25) is 9.59 Å². The molecule has 4 nitrogen and oxygen atoms in total. The average molecular weight is 494 g/mol. The first kappa shape index (κ1) is 24.9. The Morgan fingerprint density at radius 3 is 2.53 bits per heavy atom. The Hall–Kier alpha value is -1.69. The van der Waals surface area contributed by atoms with Crippen molar-refractivity contribution < 1.29 is 9.59 Å². The Kier molecular flexibility index (Phi) is 9.33. The van der Waals surface area contributed by atoms with Gasteiger partial charge in [-0.2, -0.15) is 0 Å². The van der Waals surface area contributed by atoms with E-state index in [0.717, 1.165) is 42.4 Å². The summed E-state index contributed by atoms with van der Waals surface area (Å²) in [5.41, 5.74) is 3.17. The molecular weight excluding hydrogens is 463 g/mol. The molecule has 0 unspecified atom stereocenters. The molecule has 1 atom stereocenters. The molecule has 0 radical (unpaired) electrons. The van der Waals surface area contributed by atoms with Crippen LogP contribution in [0.4, 0.5) is 0 Å². The lowest BCUT2D eigenvalue weighted by Gasteiger charge is -2.30. The molecule has 0 bridgehead atoms. The summed E-state index contributed by atoms with van der Waals surface area (Å²) >= 11 is 13.6. The van der Waals surface area contributed by atoms with Crippen LogP contribution in [0.2, 0.25) is 10.0 Å². The SMILES string of the molecule is Cc1ccccc1CN(C(=O)CSCc1ccc(Cl)c(Cl)c1)[C@H](C)C(=O)NC1CCCC1. The highest BCUT2D eigenvalue weighted by atomic mass is 35.5. The topological polar surface area (TPSA) is 49.4 Å². The van der Waals surface area contributed by atoms with E-state index in [1.165, 1.54) is 11.8 Å². The van der Waals surface area contributed by atoms with E-state index in [0.29, 0.717) is 22.3 Å². The molecule has 0 aliphatic heterocycles. The number of benzene rings is 2. The van der Waals surface area contributed by atoms with Gasteiger partial charge in [0.1, 0.15) is 6.04 Å². The lowest BCUT2D eigenvalue weighted by atomic mass is 10.1. The summed E-state index contributed by atoms with van der Waals surface area (Å²) in [6, 6.07) is 13.2.